The molecule has 37 heavy (non-hydrogen) atoms. The molecule has 188 valence electrons. The van der Waals surface area contributed by atoms with Crippen molar-refractivity contribution in [1.82, 2.24) is 29.3 Å². The number of hydrogen-bond donors (Lipinski definition) is 2. The maximum Gasteiger partial charge on any atom is 0.253 e. The molecule has 1 amide bonds. The number of carbonyl (C=O) groups is 1. The van der Waals surface area contributed by atoms with E-state index in [1.165, 1.54) is 6.08 Å². The van der Waals surface area contributed by atoms with Crippen LogP contribution in [0.2, 0.25) is 0 Å². The molecule has 5 rings (SSSR count). The smallest absolute Gasteiger partial charge is 0.253 e. The fourth-order valence-corrected chi connectivity index (χ4v) is 4.66. The Hall–Kier alpha value is -4.40. The second kappa shape index (κ2) is 10.3. The maximum absolute atomic E-state index is 11.7. The summed E-state index contributed by atoms with van der Waals surface area (Å²) in [5, 5.41) is 12.6. The molecule has 2 aliphatic rings. The summed E-state index contributed by atoms with van der Waals surface area (Å²) in [5.41, 5.74) is 9.23. The highest BCUT2D eigenvalue weighted by Gasteiger charge is 2.31. The lowest BCUT2D eigenvalue weighted by molar-refractivity contribution is -0.111. The summed E-state index contributed by atoms with van der Waals surface area (Å²) in [4.78, 5) is 34.4. The molecule has 11 nitrogen and oxygen atoms in total. The Bertz CT molecular complexity index is 1440. The first-order valence-corrected chi connectivity index (χ1v) is 12.1. The molecule has 0 radical (unpaired) electrons. The van der Waals surface area contributed by atoms with E-state index in [4.69, 9.17) is 5.73 Å². The Morgan fingerprint density at radius 2 is 2.11 bits per heavy atom. The number of anilines is 2. The van der Waals surface area contributed by atoms with E-state index in [9.17, 15) is 10.1 Å². The second-order valence-electron chi connectivity index (χ2n) is 9.17. The number of fused-ring (bicyclic) bond motifs is 1. The molecule has 1 saturated heterocycles. The Balaban J connectivity index is 1.44. The van der Waals surface area contributed by atoms with E-state index in [1.807, 2.05) is 18.2 Å². The van der Waals surface area contributed by atoms with Gasteiger partial charge in [0.05, 0.1) is 17.7 Å². The van der Waals surface area contributed by atoms with E-state index >= 15 is 0 Å². The van der Waals surface area contributed by atoms with Gasteiger partial charge in [0, 0.05) is 50.0 Å². The molecular weight excluding hydrogens is 468 g/mol. The molecule has 1 aliphatic heterocycles. The van der Waals surface area contributed by atoms with Crippen LogP contribution in [0.3, 0.4) is 0 Å². The van der Waals surface area contributed by atoms with Gasteiger partial charge in [-0.15, -0.1) is 0 Å². The lowest BCUT2D eigenvalue weighted by Crippen LogP contribution is -2.51. The van der Waals surface area contributed by atoms with Crippen LogP contribution >= 0.6 is 0 Å². The Morgan fingerprint density at radius 3 is 2.86 bits per heavy atom. The van der Waals surface area contributed by atoms with Gasteiger partial charge in [-0.2, -0.15) is 15.2 Å². The fourth-order valence-electron chi connectivity index (χ4n) is 4.66. The lowest BCUT2D eigenvalue weighted by Gasteiger charge is -2.39. The molecule has 0 bridgehead atoms. The number of carbonyl (C=O) groups excluding carboxylic acids is 1. The van der Waals surface area contributed by atoms with Gasteiger partial charge in [-0.3, -0.25) is 14.3 Å². The standard InChI is InChI=1S/C26H28N10O/c1-3-22(37)30-18-5-4-6-20(14-18)36-16-29-23-24(28)32-26(33-25(23)36)31-19-7-8-21(17(13-19)15-27)35-11-9-34(2)10-12-35/h3-8,14,16-17,21H,1,9-13H2,2H3,(H,30,37)(H2,28,32,33). The van der Waals surface area contributed by atoms with Crippen LogP contribution < -0.4 is 11.1 Å². The van der Waals surface area contributed by atoms with Crippen LogP contribution in [0.15, 0.2) is 60.4 Å². The predicted octanol–water partition coefficient (Wildman–Crippen LogP) is 2.31. The SMILES string of the molecule is C=CC(=O)Nc1cccc(-n2cnc3c(N)nc(N=C4C=CC(N5CCN(C)CC5)C(C#N)C4)nc32)c1. The van der Waals surface area contributed by atoms with Gasteiger partial charge in [-0.25, -0.2) is 9.98 Å². The molecule has 3 aromatic rings. The summed E-state index contributed by atoms with van der Waals surface area (Å²) >= 11 is 0. The first kappa shape index (κ1) is 24.3. The number of hydrogen-bond acceptors (Lipinski definition) is 9. The summed E-state index contributed by atoms with van der Waals surface area (Å²) in [5.74, 6) is -0.0842. The van der Waals surface area contributed by atoms with E-state index in [2.05, 4.69) is 60.8 Å². The number of nitrogen functional groups attached to an aromatic ring is 1. The fraction of sp³-hybridized carbons (Fsp3) is 0.308. The molecule has 2 aromatic heterocycles. The Kier molecular flexibility index (Phi) is 6.76. The molecule has 0 spiro atoms. The van der Waals surface area contributed by atoms with Crippen molar-refractivity contribution < 1.29 is 4.79 Å². The van der Waals surface area contributed by atoms with Crippen molar-refractivity contribution in [3.05, 3.63) is 55.4 Å². The molecule has 11 heteroatoms. The van der Waals surface area contributed by atoms with Gasteiger partial charge in [-0.05, 0) is 37.4 Å². The highest BCUT2D eigenvalue weighted by Crippen LogP contribution is 2.27. The number of rotatable bonds is 5. The molecule has 2 atom stereocenters. The van der Waals surface area contributed by atoms with Crippen LogP contribution in [-0.4, -0.2) is 80.2 Å². The van der Waals surface area contributed by atoms with Crippen molar-refractivity contribution in [1.29, 1.82) is 5.26 Å². The molecular formula is C26H28N10O. The topological polar surface area (TPSA) is 141 Å². The van der Waals surface area contributed by atoms with Gasteiger partial charge >= 0.3 is 0 Å². The summed E-state index contributed by atoms with van der Waals surface area (Å²) in [6.45, 7) is 7.35. The minimum absolute atomic E-state index is 0.0707. The number of allylic oxidation sites excluding steroid dienone is 1. The van der Waals surface area contributed by atoms with Crippen LogP contribution in [-0.2, 0) is 4.79 Å². The van der Waals surface area contributed by atoms with E-state index in [0.717, 1.165) is 37.6 Å². The number of aromatic nitrogens is 4. The Morgan fingerprint density at radius 1 is 1.30 bits per heavy atom. The minimum atomic E-state index is -0.302. The Labute approximate surface area is 214 Å². The van der Waals surface area contributed by atoms with E-state index in [-0.39, 0.29) is 29.6 Å². The zero-order valence-corrected chi connectivity index (χ0v) is 20.6. The number of likely N-dealkylation sites (N-methyl/N-ethyl adjacent to an activating group) is 1. The van der Waals surface area contributed by atoms with Crippen molar-refractivity contribution in [3.8, 4) is 11.8 Å². The number of nitriles is 1. The molecule has 2 unspecified atom stereocenters. The quantitative estimate of drug-likeness (QED) is 0.513. The lowest BCUT2D eigenvalue weighted by atomic mass is 9.88. The second-order valence-corrected chi connectivity index (χ2v) is 9.17. The first-order chi connectivity index (χ1) is 17.9. The van der Waals surface area contributed by atoms with Crippen LogP contribution in [0.4, 0.5) is 17.5 Å². The molecule has 1 aromatic carbocycles. The van der Waals surface area contributed by atoms with Crippen LogP contribution in [0.5, 0.6) is 0 Å². The number of benzene rings is 1. The highest BCUT2D eigenvalue weighted by atomic mass is 16.1. The van der Waals surface area contributed by atoms with Crippen LogP contribution in [0.25, 0.3) is 16.9 Å². The van der Waals surface area contributed by atoms with Crippen molar-refractivity contribution >= 4 is 40.2 Å². The molecule has 3 N–H and O–H groups in total. The van der Waals surface area contributed by atoms with E-state index in [1.54, 1.807) is 23.0 Å². The largest absolute Gasteiger partial charge is 0.382 e. The highest BCUT2D eigenvalue weighted by molar-refractivity contribution is 5.99. The van der Waals surface area contributed by atoms with E-state index in [0.29, 0.717) is 23.3 Å². The van der Waals surface area contributed by atoms with Crippen LogP contribution in [0.1, 0.15) is 6.42 Å². The van der Waals surface area contributed by atoms with Gasteiger partial charge in [0.2, 0.25) is 5.91 Å². The number of amides is 1. The van der Waals surface area contributed by atoms with Crippen molar-refractivity contribution in [2.45, 2.75) is 12.5 Å². The third kappa shape index (κ3) is 5.11. The van der Waals surface area contributed by atoms with E-state index < -0.39 is 0 Å². The van der Waals surface area contributed by atoms with Gasteiger partial charge in [0.25, 0.3) is 5.95 Å². The normalized spacial score (nSPS) is 21.7. The van der Waals surface area contributed by atoms with Gasteiger partial charge in [0.15, 0.2) is 17.0 Å². The monoisotopic (exact) mass is 496 g/mol. The van der Waals surface area contributed by atoms with Crippen molar-refractivity contribution in [3.63, 3.8) is 0 Å². The maximum atomic E-state index is 11.7. The molecule has 0 saturated carbocycles. The molecule has 1 fully saturated rings. The zero-order chi connectivity index (χ0) is 25.9. The summed E-state index contributed by atoms with van der Waals surface area (Å²) in [7, 11) is 2.12. The average Bonchev–Trinajstić information content (AvgIpc) is 3.34. The summed E-state index contributed by atoms with van der Waals surface area (Å²) in [6.07, 6.45) is 7.35. The van der Waals surface area contributed by atoms with Gasteiger partial charge in [0.1, 0.15) is 6.33 Å². The van der Waals surface area contributed by atoms with Gasteiger partial charge in [-0.1, -0.05) is 18.7 Å². The average molecular weight is 497 g/mol. The minimum Gasteiger partial charge on any atom is -0.382 e. The number of nitrogens with one attached hydrogen (secondary N) is 1. The third-order valence-corrected chi connectivity index (χ3v) is 6.68. The number of piperazine rings is 1. The number of imidazole rings is 1. The predicted molar refractivity (Wildman–Crippen MR) is 143 cm³/mol. The van der Waals surface area contributed by atoms with Gasteiger partial charge < -0.3 is 16.0 Å². The van der Waals surface area contributed by atoms with Crippen molar-refractivity contribution in [2.75, 3.05) is 44.3 Å². The number of nitrogens with two attached hydrogens (primary N) is 1. The molecule has 1 aliphatic carbocycles. The number of aliphatic imine (C=N–C) groups is 1. The molecule has 3 heterocycles. The van der Waals surface area contributed by atoms with Crippen LogP contribution in [0, 0.1) is 17.2 Å². The zero-order valence-electron chi connectivity index (χ0n) is 20.6. The summed E-state index contributed by atoms with van der Waals surface area (Å²) < 4.78 is 1.76. The third-order valence-electron chi connectivity index (χ3n) is 6.68. The summed E-state index contributed by atoms with van der Waals surface area (Å²) in [6, 6.07) is 9.80. The number of nitrogens with zero attached hydrogens (tertiary/aromatic N) is 8. The first-order valence-electron chi connectivity index (χ1n) is 12.1. The van der Waals surface area contributed by atoms with Crippen molar-refractivity contribution in [2.24, 2.45) is 10.9 Å².